The molecule has 0 aromatic rings. The summed E-state index contributed by atoms with van der Waals surface area (Å²) >= 11 is 0. The summed E-state index contributed by atoms with van der Waals surface area (Å²) in [6, 6.07) is 0. The molecular weight excluding hydrogens is 174 g/mol. The van der Waals surface area contributed by atoms with Gasteiger partial charge >= 0.3 is 0 Å². The molecule has 0 aliphatic heterocycles. The van der Waals surface area contributed by atoms with Gasteiger partial charge in [0.25, 0.3) is 0 Å². The summed E-state index contributed by atoms with van der Waals surface area (Å²) < 4.78 is 5.65. The second-order valence-corrected chi connectivity index (χ2v) is 4.29. The third kappa shape index (κ3) is 8.52. The fourth-order valence-electron chi connectivity index (χ4n) is 1.40. The van der Waals surface area contributed by atoms with Crippen LogP contribution in [-0.2, 0) is 4.74 Å². The summed E-state index contributed by atoms with van der Waals surface area (Å²) in [5.41, 5.74) is 0. The summed E-state index contributed by atoms with van der Waals surface area (Å²) in [5, 5.41) is 0. The Kier molecular flexibility index (Phi) is 9.42. The highest BCUT2D eigenvalue weighted by Crippen LogP contribution is 2.12. The Morgan fingerprint density at radius 2 is 1.93 bits per heavy atom. The SMILES string of the molecule is CCCC[C@@H](CC)COCCN(C)C. The van der Waals surface area contributed by atoms with Crippen LogP contribution in [0.1, 0.15) is 39.5 Å². The fraction of sp³-hybridized carbons (Fsp3) is 1.00. The smallest absolute Gasteiger partial charge is 0.0593 e. The Hall–Kier alpha value is -0.0800. The van der Waals surface area contributed by atoms with Gasteiger partial charge in [0.2, 0.25) is 0 Å². The van der Waals surface area contributed by atoms with E-state index in [1.807, 2.05) is 0 Å². The van der Waals surface area contributed by atoms with E-state index >= 15 is 0 Å². The Balaban J connectivity index is 3.33. The fourth-order valence-corrected chi connectivity index (χ4v) is 1.40. The third-order valence-electron chi connectivity index (χ3n) is 2.58. The van der Waals surface area contributed by atoms with E-state index in [9.17, 15) is 0 Å². The van der Waals surface area contributed by atoms with Gasteiger partial charge in [0.15, 0.2) is 0 Å². The van der Waals surface area contributed by atoms with Crippen LogP contribution >= 0.6 is 0 Å². The molecule has 2 nitrogen and oxygen atoms in total. The molecule has 0 aliphatic rings. The molecule has 0 radical (unpaired) electrons. The van der Waals surface area contributed by atoms with E-state index in [-0.39, 0.29) is 0 Å². The third-order valence-corrected chi connectivity index (χ3v) is 2.58. The lowest BCUT2D eigenvalue weighted by molar-refractivity contribution is 0.0826. The van der Waals surface area contributed by atoms with Crippen LogP contribution in [0, 0.1) is 5.92 Å². The van der Waals surface area contributed by atoms with Gasteiger partial charge in [-0.1, -0.05) is 33.1 Å². The molecule has 0 saturated heterocycles. The van der Waals surface area contributed by atoms with Crippen molar-refractivity contribution < 1.29 is 4.74 Å². The second kappa shape index (κ2) is 9.47. The van der Waals surface area contributed by atoms with Gasteiger partial charge in [-0.25, -0.2) is 0 Å². The molecule has 0 spiro atoms. The Labute approximate surface area is 89.6 Å². The molecule has 0 saturated carbocycles. The van der Waals surface area contributed by atoms with Crippen molar-refractivity contribution in [1.82, 2.24) is 4.90 Å². The van der Waals surface area contributed by atoms with Gasteiger partial charge in [-0.15, -0.1) is 0 Å². The van der Waals surface area contributed by atoms with Crippen LogP contribution in [0.4, 0.5) is 0 Å². The Morgan fingerprint density at radius 1 is 1.21 bits per heavy atom. The van der Waals surface area contributed by atoms with E-state index in [0.29, 0.717) is 0 Å². The second-order valence-electron chi connectivity index (χ2n) is 4.29. The molecule has 0 rings (SSSR count). The number of unbranched alkanes of at least 4 members (excludes halogenated alkanes) is 1. The number of rotatable bonds is 9. The van der Waals surface area contributed by atoms with Crippen LogP contribution < -0.4 is 0 Å². The Bertz CT molecular complexity index is 115. The van der Waals surface area contributed by atoms with E-state index < -0.39 is 0 Å². The topological polar surface area (TPSA) is 12.5 Å². The number of nitrogens with zero attached hydrogens (tertiary/aromatic N) is 1. The average molecular weight is 201 g/mol. The van der Waals surface area contributed by atoms with Crippen LogP contribution in [0.25, 0.3) is 0 Å². The zero-order chi connectivity index (χ0) is 10.8. The van der Waals surface area contributed by atoms with Gasteiger partial charge in [-0.2, -0.15) is 0 Å². The summed E-state index contributed by atoms with van der Waals surface area (Å²) in [6.07, 6.45) is 5.22. The summed E-state index contributed by atoms with van der Waals surface area (Å²) in [6.45, 7) is 7.36. The number of hydrogen-bond acceptors (Lipinski definition) is 2. The number of likely N-dealkylation sites (N-methyl/N-ethyl adjacent to an activating group) is 1. The standard InChI is InChI=1S/C12H27NO/c1-5-7-8-12(6-2)11-14-10-9-13(3)4/h12H,5-11H2,1-4H3/t12-/m1/s1. The first-order chi connectivity index (χ1) is 6.70. The molecule has 0 aliphatic carbocycles. The number of hydrogen-bond donors (Lipinski definition) is 0. The van der Waals surface area contributed by atoms with Crippen molar-refractivity contribution in [3.8, 4) is 0 Å². The lowest BCUT2D eigenvalue weighted by atomic mass is 10.0. The largest absolute Gasteiger partial charge is 0.380 e. The predicted octanol–water partition coefficient (Wildman–Crippen LogP) is 2.78. The normalized spacial score (nSPS) is 13.5. The maximum Gasteiger partial charge on any atom is 0.0593 e. The highest BCUT2D eigenvalue weighted by Gasteiger charge is 2.05. The first-order valence-corrected chi connectivity index (χ1v) is 5.93. The van der Waals surface area contributed by atoms with Gasteiger partial charge in [0, 0.05) is 13.2 Å². The maximum absolute atomic E-state index is 5.65. The predicted molar refractivity (Wildman–Crippen MR) is 62.7 cm³/mol. The molecule has 1 atom stereocenters. The van der Waals surface area contributed by atoms with Gasteiger partial charge in [0.1, 0.15) is 0 Å². The van der Waals surface area contributed by atoms with E-state index in [1.165, 1.54) is 25.7 Å². The summed E-state index contributed by atoms with van der Waals surface area (Å²) in [4.78, 5) is 2.16. The molecule has 0 fully saturated rings. The van der Waals surface area contributed by atoms with Crippen LogP contribution in [0.15, 0.2) is 0 Å². The minimum absolute atomic E-state index is 0.775. The molecule has 0 amide bonds. The lowest BCUT2D eigenvalue weighted by Crippen LogP contribution is -2.20. The minimum atomic E-state index is 0.775. The molecule has 14 heavy (non-hydrogen) atoms. The van der Waals surface area contributed by atoms with Crippen molar-refractivity contribution in [3.63, 3.8) is 0 Å². The molecule has 0 unspecified atom stereocenters. The highest BCUT2D eigenvalue weighted by atomic mass is 16.5. The Morgan fingerprint density at radius 3 is 2.43 bits per heavy atom. The van der Waals surface area contributed by atoms with Crippen LogP contribution in [0.2, 0.25) is 0 Å². The van der Waals surface area contributed by atoms with E-state index in [0.717, 1.165) is 25.7 Å². The number of ether oxygens (including phenoxy) is 1. The van der Waals surface area contributed by atoms with Gasteiger partial charge in [-0.05, 0) is 26.4 Å². The zero-order valence-corrected chi connectivity index (χ0v) is 10.4. The van der Waals surface area contributed by atoms with Crippen LogP contribution in [-0.4, -0.2) is 38.8 Å². The molecule has 2 heteroatoms. The lowest BCUT2D eigenvalue weighted by Gasteiger charge is -2.16. The maximum atomic E-state index is 5.65. The average Bonchev–Trinajstić information content (AvgIpc) is 2.16. The van der Waals surface area contributed by atoms with Crippen molar-refractivity contribution in [2.24, 2.45) is 5.92 Å². The van der Waals surface area contributed by atoms with Crippen molar-refractivity contribution in [2.75, 3.05) is 33.9 Å². The summed E-state index contributed by atoms with van der Waals surface area (Å²) in [5.74, 6) is 0.775. The first kappa shape index (κ1) is 13.9. The zero-order valence-electron chi connectivity index (χ0n) is 10.4. The molecule has 0 aromatic heterocycles. The van der Waals surface area contributed by atoms with Crippen LogP contribution in [0.5, 0.6) is 0 Å². The summed E-state index contributed by atoms with van der Waals surface area (Å²) in [7, 11) is 4.16. The van der Waals surface area contributed by atoms with E-state index in [2.05, 4.69) is 32.8 Å². The van der Waals surface area contributed by atoms with E-state index in [4.69, 9.17) is 4.74 Å². The van der Waals surface area contributed by atoms with Crippen molar-refractivity contribution in [1.29, 1.82) is 0 Å². The van der Waals surface area contributed by atoms with E-state index in [1.54, 1.807) is 0 Å². The molecule has 0 aromatic carbocycles. The molecule has 0 N–H and O–H groups in total. The van der Waals surface area contributed by atoms with Crippen LogP contribution in [0.3, 0.4) is 0 Å². The van der Waals surface area contributed by atoms with Crippen molar-refractivity contribution in [3.05, 3.63) is 0 Å². The quantitative estimate of drug-likeness (QED) is 0.532. The molecular formula is C12H27NO. The molecule has 0 bridgehead atoms. The monoisotopic (exact) mass is 201 g/mol. The van der Waals surface area contributed by atoms with Gasteiger partial charge in [0.05, 0.1) is 6.61 Å². The highest BCUT2D eigenvalue weighted by molar-refractivity contribution is 4.56. The van der Waals surface area contributed by atoms with Gasteiger partial charge < -0.3 is 9.64 Å². The molecule has 86 valence electrons. The minimum Gasteiger partial charge on any atom is -0.380 e. The first-order valence-electron chi connectivity index (χ1n) is 5.93. The molecule has 0 heterocycles. The van der Waals surface area contributed by atoms with Crippen molar-refractivity contribution >= 4 is 0 Å². The van der Waals surface area contributed by atoms with Gasteiger partial charge in [-0.3, -0.25) is 0 Å². The van der Waals surface area contributed by atoms with Crippen molar-refractivity contribution in [2.45, 2.75) is 39.5 Å².